The maximum absolute atomic E-state index is 4.50. The zero-order chi connectivity index (χ0) is 11.7. The first-order valence-electron chi connectivity index (χ1n) is 5.46. The van der Waals surface area contributed by atoms with E-state index in [-0.39, 0.29) is 0 Å². The molecule has 0 saturated heterocycles. The van der Waals surface area contributed by atoms with Crippen LogP contribution in [-0.2, 0) is 0 Å². The Morgan fingerprint density at radius 2 is 1.94 bits per heavy atom. The van der Waals surface area contributed by atoms with Crippen LogP contribution in [0.15, 0.2) is 48.8 Å². The first-order valence-corrected chi connectivity index (χ1v) is 5.46. The van der Waals surface area contributed by atoms with Crippen LogP contribution in [-0.4, -0.2) is 21.6 Å². The second-order valence-electron chi connectivity index (χ2n) is 3.73. The third-order valence-electron chi connectivity index (χ3n) is 2.69. The number of pyridine rings is 1. The third kappa shape index (κ3) is 1.63. The SMILES string of the molecule is CNc1cccc(-n2cnc3ccccc32)n1. The Labute approximate surface area is 98.9 Å². The zero-order valence-electron chi connectivity index (χ0n) is 9.46. The first kappa shape index (κ1) is 9.84. The number of nitrogens with zero attached hydrogens (tertiary/aromatic N) is 3. The lowest BCUT2D eigenvalue weighted by atomic mass is 10.3. The second kappa shape index (κ2) is 3.90. The number of para-hydroxylation sites is 2. The number of hydrogen-bond acceptors (Lipinski definition) is 3. The molecule has 0 aliphatic rings. The van der Waals surface area contributed by atoms with Gasteiger partial charge >= 0.3 is 0 Å². The number of nitrogens with one attached hydrogen (secondary N) is 1. The van der Waals surface area contributed by atoms with E-state index in [1.54, 1.807) is 6.33 Å². The van der Waals surface area contributed by atoms with E-state index < -0.39 is 0 Å². The third-order valence-corrected chi connectivity index (χ3v) is 2.69. The van der Waals surface area contributed by atoms with Crippen molar-refractivity contribution in [2.75, 3.05) is 12.4 Å². The maximum atomic E-state index is 4.50. The molecule has 3 rings (SSSR count). The fourth-order valence-corrected chi connectivity index (χ4v) is 1.84. The number of anilines is 1. The van der Waals surface area contributed by atoms with Crippen molar-refractivity contribution >= 4 is 16.9 Å². The number of imidazole rings is 1. The summed E-state index contributed by atoms with van der Waals surface area (Å²) in [5.74, 6) is 1.71. The van der Waals surface area contributed by atoms with Gasteiger partial charge in [0.1, 0.15) is 18.0 Å². The minimum atomic E-state index is 0.847. The fourth-order valence-electron chi connectivity index (χ4n) is 1.84. The number of fused-ring (bicyclic) bond motifs is 1. The lowest BCUT2D eigenvalue weighted by Gasteiger charge is -2.05. The van der Waals surface area contributed by atoms with Gasteiger partial charge in [0.25, 0.3) is 0 Å². The summed E-state index contributed by atoms with van der Waals surface area (Å²) < 4.78 is 1.98. The highest BCUT2D eigenvalue weighted by Crippen LogP contribution is 2.17. The fraction of sp³-hybridized carbons (Fsp3) is 0.0769. The number of benzene rings is 1. The standard InChI is InChI=1S/C13H12N4/c1-14-12-7-4-8-13(16-12)17-9-15-10-5-2-3-6-11(10)17/h2-9H,1H3,(H,14,16). The van der Waals surface area contributed by atoms with Crippen molar-refractivity contribution in [2.45, 2.75) is 0 Å². The van der Waals surface area contributed by atoms with E-state index >= 15 is 0 Å². The van der Waals surface area contributed by atoms with Gasteiger partial charge in [0.15, 0.2) is 0 Å². The van der Waals surface area contributed by atoms with Gasteiger partial charge in [-0.05, 0) is 24.3 Å². The van der Waals surface area contributed by atoms with Crippen LogP contribution in [0.4, 0.5) is 5.82 Å². The molecule has 84 valence electrons. The summed E-state index contributed by atoms with van der Waals surface area (Å²) in [7, 11) is 1.86. The molecule has 0 unspecified atom stereocenters. The van der Waals surface area contributed by atoms with Crippen LogP contribution in [0.25, 0.3) is 16.9 Å². The molecule has 2 heterocycles. The molecule has 2 aromatic heterocycles. The lowest BCUT2D eigenvalue weighted by Crippen LogP contribution is -1.99. The molecule has 17 heavy (non-hydrogen) atoms. The van der Waals surface area contributed by atoms with Crippen molar-refractivity contribution in [3.8, 4) is 5.82 Å². The van der Waals surface area contributed by atoms with E-state index in [0.717, 1.165) is 22.7 Å². The van der Waals surface area contributed by atoms with Crippen molar-refractivity contribution in [1.82, 2.24) is 14.5 Å². The molecular weight excluding hydrogens is 212 g/mol. The van der Waals surface area contributed by atoms with Gasteiger partial charge in [-0.3, -0.25) is 4.57 Å². The quantitative estimate of drug-likeness (QED) is 0.727. The molecule has 0 saturated carbocycles. The van der Waals surface area contributed by atoms with Crippen molar-refractivity contribution in [3.05, 3.63) is 48.8 Å². The summed E-state index contributed by atoms with van der Waals surface area (Å²) in [6.45, 7) is 0. The number of rotatable bonds is 2. The topological polar surface area (TPSA) is 42.7 Å². The number of hydrogen-bond donors (Lipinski definition) is 1. The lowest BCUT2D eigenvalue weighted by molar-refractivity contribution is 1.02. The Morgan fingerprint density at radius 1 is 1.06 bits per heavy atom. The van der Waals surface area contributed by atoms with Crippen molar-refractivity contribution in [2.24, 2.45) is 0 Å². The summed E-state index contributed by atoms with van der Waals surface area (Å²) in [6, 6.07) is 13.9. The van der Waals surface area contributed by atoms with E-state index in [2.05, 4.69) is 15.3 Å². The van der Waals surface area contributed by atoms with Gasteiger partial charge in [-0.25, -0.2) is 9.97 Å². The minimum Gasteiger partial charge on any atom is -0.373 e. The van der Waals surface area contributed by atoms with Crippen molar-refractivity contribution < 1.29 is 0 Å². The Balaban J connectivity index is 2.20. The highest BCUT2D eigenvalue weighted by Gasteiger charge is 2.04. The molecule has 3 aromatic rings. The molecule has 0 atom stereocenters. The molecule has 0 amide bonds. The zero-order valence-corrected chi connectivity index (χ0v) is 9.46. The molecule has 0 aliphatic carbocycles. The van der Waals surface area contributed by atoms with Crippen LogP contribution in [0.1, 0.15) is 0 Å². The van der Waals surface area contributed by atoms with Gasteiger partial charge in [-0.2, -0.15) is 0 Å². The molecule has 0 aliphatic heterocycles. The molecule has 1 N–H and O–H groups in total. The van der Waals surface area contributed by atoms with Gasteiger partial charge in [0.2, 0.25) is 0 Å². The monoisotopic (exact) mass is 224 g/mol. The van der Waals surface area contributed by atoms with Crippen molar-refractivity contribution in [1.29, 1.82) is 0 Å². The van der Waals surface area contributed by atoms with E-state index in [1.807, 2.05) is 54.1 Å². The van der Waals surface area contributed by atoms with Crippen LogP contribution in [0.5, 0.6) is 0 Å². The van der Waals surface area contributed by atoms with Crippen LogP contribution < -0.4 is 5.32 Å². The Hall–Kier alpha value is -2.36. The summed E-state index contributed by atoms with van der Waals surface area (Å²) in [5, 5.41) is 3.03. The summed E-state index contributed by atoms with van der Waals surface area (Å²) in [6.07, 6.45) is 1.80. The molecule has 4 heteroatoms. The van der Waals surface area contributed by atoms with Gasteiger partial charge in [0.05, 0.1) is 11.0 Å². The normalized spacial score (nSPS) is 10.6. The molecule has 0 fully saturated rings. The highest BCUT2D eigenvalue weighted by atomic mass is 15.1. The molecule has 4 nitrogen and oxygen atoms in total. The van der Waals surface area contributed by atoms with Gasteiger partial charge in [-0.1, -0.05) is 18.2 Å². The van der Waals surface area contributed by atoms with E-state index in [4.69, 9.17) is 0 Å². The van der Waals surface area contributed by atoms with Crippen molar-refractivity contribution in [3.63, 3.8) is 0 Å². The largest absolute Gasteiger partial charge is 0.373 e. The van der Waals surface area contributed by atoms with E-state index in [0.29, 0.717) is 0 Å². The first-order chi connectivity index (χ1) is 8.38. The van der Waals surface area contributed by atoms with E-state index in [1.165, 1.54) is 0 Å². The average molecular weight is 224 g/mol. The molecule has 0 spiro atoms. The van der Waals surface area contributed by atoms with Crippen LogP contribution >= 0.6 is 0 Å². The van der Waals surface area contributed by atoms with Crippen LogP contribution in [0.2, 0.25) is 0 Å². The summed E-state index contributed by atoms with van der Waals surface area (Å²) in [4.78, 5) is 8.85. The molecular formula is C13H12N4. The molecule has 0 bridgehead atoms. The second-order valence-corrected chi connectivity index (χ2v) is 3.73. The highest BCUT2D eigenvalue weighted by molar-refractivity contribution is 5.76. The van der Waals surface area contributed by atoms with Gasteiger partial charge in [0, 0.05) is 7.05 Å². The molecule has 1 aromatic carbocycles. The van der Waals surface area contributed by atoms with Crippen LogP contribution in [0, 0.1) is 0 Å². The predicted molar refractivity (Wildman–Crippen MR) is 68.4 cm³/mol. The average Bonchev–Trinajstić information content (AvgIpc) is 2.82. The Morgan fingerprint density at radius 3 is 2.82 bits per heavy atom. The Kier molecular flexibility index (Phi) is 2.26. The molecule has 0 radical (unpaired) electrons. The Bertz CT molecular complexity index is 657. The smallest absolute Gasteiger partial charge is 0.140 e. The van der Waals surface area contributed by atoms with E-state index in [9.17, 15) is 0 Å². The van der Waals surface area contributed by atoms with Crippen LogP contribution in [0.3, 0.4) is 0 Å². The number of aromatic nitrogens is 3. The van der Waals surface area contributed by atoms with Gasteiger partial charge < -0.3 is 5.32 Å². The predicted octanol–water partition coefficient (Wildman–Crippen LogP) is 2.46. The minimum absolute atomic E-state index is 0.847. The van der Waals surface area contributed by atoms with Gasteiger partial charge in [-0.15, -0.1) is 0 Å². The summed E-state index contributed by atoms with van der Waals surface area (Å²) >= 11 is 0. The maximum Gasteiger partial charge on any atom is 0.140 e. The summed E-state index contributed by atoms with van der Waals surface area (Å²) in [5.41, 5.74) is 2.04.